The van der Waals surface area contributed by atoms with E-state index in [1.54, 1.807) is 12.1 Å². The molecule has 0 saturated heterocycles. The number of para-hydroxylation sites is 2. The molecule has 1 aliphatic rings. The summed E-state index contributed by atoms with van der Waals surface area (Å²) >= 11 is 7.40. The number of carbonyl (C=O) groups excluding carboxylic acids is 1. The van der Waals surface area contributed by atoms with Crippen LogP contribution in [-0.2, 0) is 11.8 Å². The number of ether oxygens (including phenoxy) is 2. The first-order valence-electron chi connectivity index (χ1n) is 8.98. The molecule has 2 aromatic carbocycles. The lowest BCUT2D eigenvalue weighted by Gasteiger charge is -2.25. The third kappa shape index (κ3) is 4.18. The number of carbonyl (C=O) groups is 1. The van der Waals surface area contributed by atoms with E-state index in [-0.39, 0.29) is 17.8 Å². The Morgan fingerprint density at radius 3 is 2.86 bits per heavy atom. The van der Waals surface area contributed by atoms with Gasteiger partial charge >= 0.3 is 0 Å². The molecule has 1 aliphatic heterocycles. The number of nitrogens with zero attached hydrogens (tertiary/aromatic N) is 3. The predicted molar refractivity (Wildman–Crippen MR) is 112 cm³/mol. The molecule has 0 fully saturated rings. The van der Waals surface area contributed by atoms with Crippen molar-refractivity contribution in [2.75, 3.05) is 17.7 Å². The van der Waals surface area contributed by atoms with Crippen molar-refractivity contribution in [3.05, 3.63) is 58.9 Å². The maximum absolute atomic E-state index is 12.3. The van der Waals surface area contributed by atoms with E-state index in [4.69, 9.17) is 21.1 Å². The minimum Gasteiger partial charge on any atom is -0.485 e. The normalized spacial score (nSPS) is 15.2. The first-order chi connectivity index (χ1) is 14.0. The molecule has 29 heavy (non-hydrogen) atoms. The van der Waals surface area contributed by atoms with Crippen LogP contribution >= 0.6 is 23.4 Å². The SMILES string of the molecule is Cc1c(Cl)cccc1NC(=O)CSc1nnc(C2COc3ccccc3O2)n1C. The number of aromatic nitrogens is 3. The Hall–Kier alpha value is -2.71. The van der Waals surface area contributed by atoms with Crippen LogP contribution in [-0.4, -0.2) is 33.0 Å². The van der Waals surface area contributed by atoms with E-state index in [0.717, 1.165) is 5.56 Å². The molecular formula is C20H19ClN4O3S. The Kier molecular flexibility index (Phi) is 5.64. The third-order valence-electron chi connectivity index (χ3n) is 4.54. The second-order valence-corrected chi connectivity index (χ2v) is 7.86. The molecule has 0 aliphatic carbocycles. The Bertz CT molecular complexity index is 1060. The molecule has 0 radical (unpaired) electrons. The molecule has 3 aromatic rings. The van der Waals surface area contributed by atoms with E-state index in [9.17, 15) is 4.79 Å². The van der Waals surface area contributed by atoms with Gasteiger partial charge in [-0.3, -0.25) is 4.79 Å². The molecule has 1 unspecified atom stereocenters. The molecule has 150 valence electrons. The summed E-state index contributed by atoms with van der Waals surface area (Å²) in [4.78, 5) is 12.3. The van der Waals surface area contributed by atoms with Crippen LogP contribution in [0.25, 0.3) is 0 Å². The topological polar surface area (TPSA) is 78.3 Å². The first-order valence-corrected chi connectivity index (χ1v) is 10.3. The number of hydrogen-bond donors (Lipinski definition) is 1. The van der Waals surface area contributed by atoms with Gasteiger partial charge in [0, 0.05) is 17.8 Å². The minimum atomic E-state index is -0.361. The maximum Gasteiger partial charge on any atom is 0.234 e. The van der Waals surface area contributed by atoms with Gasteiger partial charge in [-0.25, -0.2) is 0 Å². The van der Waals surface area contributed by atoms with Crippen LogP contribution in [0.3, 0.4) is 0 Å². The van der Waals surface area contributed by atoms with Gasteiger partial charge in [0.05, 0.1) is 5.75 Å². The lowest BCUT2D eigenvalue weighted by molar-refractivity contribution is -0.113. The monoisotopic (exact) mass is 430 g/mol. The van der Waals surface area contributed by atoms with Crippen molar-refractivity contribution in [1.29, 1.82) is 0 Å². The van der Waals surface area contributed by atoms with Gasteiger partial charge in [0.2, 0.25) is 5.91 Å². The number of rotatable bonds is 5. The largest absolute Gasteiger partial charge is 0.485 e. The maximum atomic E-state index is 12.3. The van der Waals surface area contributed by atoms with Crippen LogP contribution in [0.2, 0.25) is 5.02 Å². The second-order valence-electron chi connectivity index (χ2n) is 6.51. The molecule has 1 N–H and O–H groups in total. The van der Waals surface area contributed by atoms with Crippen LogP contribution in [0, 0.1) is 6.92 Å². The van der Waals surface area contributed by atoms with Crippen LogP contribution in [0.15, 0.2) is 47.6 Å². The number of halogens is 1. The molecule has 2 heterocycles. The molecule has 1 aromatic heterocycles. The summed E-state index contributed by atoms with van der Waals surface area (Å²) in [6, 6.07) is 12.9. The zero-order valence-corrected chi connectivity index (χ0v) is 17.5. The van der Waals surface area contributed by atoms with Crippen molar-refractivity contribution in [2.45, 2.75) is 18.2 Å². The van der Waals surface area contributed by atoms with E-state index >= 15 is 0 Å². The highest BCUT2D eigenvalue weighted by atomic mass is 35.5. The smallest absolute Gasteiger partial charge is 0.234 e. The third-order valence-corrected chi connectivity index (χ3v) is 5.97. The molecule has 9 heteroatoms. The number of benzene rings is 2. The van der Waals surface area contributed by atoms with Crippen molar-refractivity contribution in [1.82, 2.24) is 14.8 Å². The van der Waals surface area contributed by atoms with Gasteiger partial charge in [-0.15, -0.1) is 10.2 Å². The zero-order valence-electron chi connectivity index (χ0n) is 15.9. The average molecular weight is 431 g/mol. The van der Waals surface area contributed by atoms with Gasteiger partial charge in [0.15, 0.2) is 28.6 Å². The fourth-order valence-electron chi connectivity index (χ4n) is 2.94. The van der Waals surface area contributed by atoms with E-state index in [2.05, 4.69) is 15.5 Å². The highest BCUT2D eigenvalue weighted by Gasteiger charge is 2.27. The van der Waals surface area contributed by atoms with Crippen molar-refractivity contribution in [3.8, 4) is 11.5 Å². The van der Waals surface area contributed by atoms with Crippen molar-refractivity contribution >= 4 is 35.0 Å². The van der Waals surface area contributed by atoms with Gasteiger partial charge in [-0.1, -0.05) is 41.6 Å². The fourth-order valence-corrected chi connectivity index (χ4v) is 3.83. The Labute approximate surface area is 177 Å². The summed E-state index contributed by atoms with van der Waals surface area (Å²) in [5.41, 5.74) is 1.54. The number of nitrogens with one attached hydrogen (secondary N) is 1. The molecular weight excluding hydrogens is 412 g/mol. The first kappa shape index (κ1) is 19.6. The average Bonchev–Trinajstić information content (AvgIpc) is 3.10. The van der Waals surface area contributed by atoms with Crippen LogP contribution in [0.1, 0.15) is 17.5 Å². The second kappa shape index (κ2) is 8.34. The van der Waals surface area contributed by atoms with Gasteiger partial charge in [0.1, 0.15) is 6.61 Å². The Balaban J connectivity index is 1.39. The van der Waals surface area contributed by atoms with Crippen molar-refractivity contribution in [2.24, 2.45) is 7.05 Å². The number of anilines is 1. The van der Waals surface area contributed by atoms with Crippen LogP contribution in [0.5, 0.6) is 11.5 Å². The molecule has 4 rings (SSSR count). The van der Waals surface area contributed by atoms with Crippen LogP contribution in [0.4, 0.5) is 5.69 Å². The highest BCUT2D eigenvalue weighted by Crippen LogP contribution is 2.35. The molecule has 0 bridgehead atoms. The number of thioether (sulfide) groups is 1. The number of amides is 1. The minimum absolute atomic E-state index is 0.143. The summed E-state index contributed by atoms with van der Waals surface area (Å²) in [7, 11) is 1.85. The molecule has 0 spiro atoms. The standard InChI is InChI=1S/C20H19ClN4O3S/c1-12-13(21)6-5-7-14(12)22-18(26)11-29-20-24-23-19(25(20)2)17-10-27-15-8-3-4-9-16(15)28-17/h3-9,17H,10-11H2,1-2H3,(H,22,26). The predicted octanol–water partition coefficient (Wildman–Crippen LogP) is 4.02. The molecule has 1 amide bonds. The molecule has 0 saturated carbocycles. The molecule has 1 atom stereocenters. The summed E-state index contributed by atoms with van der Waals surface area (Å²) < 4.78 is 13.6. The summed E-state index contributed by atoms with van der Waals surface area (Å²) in [5.74, 6) is 2.10. The highest BCUT2D eigenvalue weighted by molar-refractivity contribution is 7.99. The number of fused-ring (bicyclic) bond motifs is 1. The van der Waals surface area contributed by atoms with Crippen molar-refractivity contribution < 1.29 is 14.3 Å². The van der Waals surface area contributed by atoms with Gasteiger partial charge in [-0.05, 0) is 36.8 Å². The number of hydrogen-bond acceptors (Lipinski definition) is 6. The van der Waals surface area contributed by atoms with E-state index in [0.29, 0.717) is 39.8 Å². The van der Waals surface area contributed by atoms with Gasteiger partial charge in [0.25, 0.3) is 0 Å². The molecule has 7 nitrogen and oxygen atoms in total. The quantitative estimate of drug-likeness (QED) is 0.616. The lowest BCUT2D eigenvalue weighted by atomic mass is 10.2. The van der Waals surface area contributed by atoms with Gasteiger partial charge < -0.3 is 19.4 Å². The van der Waals surface area contributed by atoms with E-state index < -0.39 is 0 Å². The summed E-state index contributed by atoms with van der Waals surface area (Å²) in [5, 5.41) is 12.6. The summed E-state index contributed by atoms with van der Waals surface area (Å²) in [6.07, 6.45) is -0.361. The Morgan fingerprint density at radius 1 is 1.24 bits per heavy atom. The van der Waals surface area contributed by atoms with E-state index in [1.165, 1.54) is 11.8 Å². The zero-order chi connectivity index (χ0) is 20.4. The Morgan fingerprint density at radius 2 is 2.03 bits per heavy atom. The lowest BCUT2D eigenvalue weighted by Crippen LogP contribution is -2.24. The van der Waals surface area contributed by atoms with Crippen molar-refractivity contribution in [3.63, 3.8) is 0 Å². The van der Waals surface area contributed by atoms with Crippen LogP contribution < -0.4 is 14.8 Å². The fraction of sp³-hybridized carbons (Fsp3) is 0.250. The van der Waals surface area contributed by atoms with Gasteiger partial charge in [-0.2, -0.15) is 0 Å². The summed E-state index contributed by atoms with van der Waals surface area (Å²) in [6.45, 7) is 2.21. The van der Waals surface area contributed by atoms with E-state index in [1.807, 2.05) is 48.9 Å².